The average Bonchev–Trinajstić information content (AvgIpc) is 2.70. The zero-order valence-electron chi connectivity index (χ0n) is 16.0. The number of rotatable bonds is 6. The van der Waals surface area contributed by atoms with E-state index in [1.54, 1.807) is 0 Å². The van der Waals surface area contributed by atoms with E-state index >= 15 is 0 Å². The van der Waals surface area contributed by atoms with Gasteiger partial charge in [-0.1, -0.05) is 54.6 Å². The zero-order valence-corrected chi connectivity index (χ0v) is 16.0. The molecule has 3 aromatic rings. The fourth-order valence-corrected chi connectivity index (χ4v) is 3.28. The Kier molecular flexibility index (Phi) is 5.86. The van der Waals surface area contributed by atoms with Crippen LogP contribution >= 0.6 is 0 Å². The lowest BCUT2D eigenvalue weighted by molar-refractivity contribution is -0.123. The number of ketones is 1. The Morgan fingerprint density at radius 2 is 1.75 bits per heavy atom. The van der Waals surface area contributed by atoms with E-state index in [-0.39, 0.29) is 24.5 Å². The molecule has 0 aliphatic heterocycles. The third kappa shape index (κ3) is 4.27. The summed E-state index contributed by atoms with van der Waals surface area (Å²) in [6.45, 7) is 3.88. The summed E-state index contributed by atoms with van der Waals surface area (Å²) in [6.07, 6.45) is 0.0767. The largest absolute Gasteiger partial charge is 0.326 e. The van der Waals surface area contributed by atoms with Crippen molar-refractivity contribution in [1.82, 2.24) is 0 Å². The van der Waals surface area contributed by atoms with Crippen molar-refractivity contribution in [2.75, 3.05) is 5.32 Å². The van der Waals surface area contributed by atoms with Crippen LogP contribution in [0, 0.1) is 25.2 Å². The van der Waals surface area contributed by atoms with Gasteiger partial charge in [0.25, 0.3) is 0 Å². The summed E-state index contributed by atoms with van der Waals surface area (Å²) in [5.74, 6) is -1.34. The number of carbonyl (C=O) groups excluding carboxylic acids is 2. The Bertz CT molecular complexity index is 1070. The predicted octanol–water partition coefficient (Wildman–Crippen LogP) is 5.05. The fraction of sp³-hybridized carbons (Fsp3) is 0.208. The SMILES string of the molecule is Cc1ccc(C)c(NC(=O)CCC(=O)[C@@H](C#N)c2cccc3ccccc23)c1. The van der Waals surface area contributed by atoms with Crippen molar-refractivity contribution in [2.24, 2.45) is 0 Å². The second-order valence-electron chi connectivity index (χ2n) is 6.96. The molecule has 0 bridgehead atoms. The molecule has 1 atom stereocenters. The molecular weight excluding hydrogens is 348 g/mol. The van der Waals surface area contributed by atoms with Gasteiger partial charge in [-0.2, -0.15) is 5.26 Å². The van der Waals surface area contributed by atoms with Gasteiger partial charge in [0.05, 0.1) is 6.07 Å². The first kappa shape index (κ1) is 19.3. The topological polar surface area (TPSA) is 70.0 Å². The second kappa shape index (κ2) is 8.49. The summed E-state index contributed by atoms with van der Waals surface area (Å²) in [5.41, 5.74) is 3.47. The van der Waals surface area contributed by atoms with Crippen LogP contribution in [-0.4, -0.2) is 11.7 Å². The van der Waals surface area contributed by atoms with E-state index < -0.39 is 5.92 Å². The Labute approximate surface area is 164 Å². The number of carbonyl (C=O) groups is 2. The molecule has 0 fully saturated rings. The maximum Gasteiger partial charge on any atom is 0.224 e. The van der Waals surface area contributed by atoms with Crippen LogP contribution in [0.3, 0.4) is 0 Å². The number of hydrogen-bond acceptors (Lipinski definition) is 3. The molecule has 0 spiro atoms. The van der Waals surface area contributed by atoms with E-state index in [1.807, 2.05) is 74.5 Å². The number of aryl methyl sites for hydroxylation is 2. The van der Waals surface area contributed by atoms with Crippen LogP contribution in [0.1, 0.15) is 35.4 Å². The monoisotopic (exact) mass is 370 g/mol. The van der Waals surface area contributed by atoms with Gasteiger partial charge in [-0.05, 0) is 47.4 Å². The van der Waals surface area contributed by atoms with Crippen LogP contribution < -0.4 is 5.32 Å². The Morgan fingerprint density at radius 3 is 2.54 bits per heavy atom. The molecule has 28 heavy (non-hydrogen) atoms. The predicted molar refractivity (Wildman–Crippen MR) is 111 cm³/mol. The van der Waals surface area contributed by atoms with Crippen LogP contribution in [0.2, 0.25) is 0 Å². The maximum absolute atomic E-state index is 12.7. The van der Waals surface area contributed by atoms with Gasteiger partial charge in [-0.15, -0.1) is 0 Å². The summed E-state index contributed by atoms with van der Waals surface area (Å²) in [7, 11) is 0. The van der Waals surface area contributed by atoms with Gasteiger partial charge in [0.15, 0.2) is 5.78 Å². The normalized spacial score (nSPS) is 11.6. The molecule has 0 unspecified atom stereocenters. The Hall–Kier alpha value is -3.45. The number of hydrogen-bond donors (Lipinski definition) is 1. The lowest BCUT2D eigenvalue weighted by Crippen LogP contribution is -2.17. The molecule has 0 aliphatic rings. The standard InChI is InChI=1S/C24H22N2O2/c1-16-10-11-17(2)22(14-16)26-24(28)13-12-23(27)21(15-25)20-9-5-7-18-6-3-4-8-19(18)20/h3-11,14,21H,12-13H2,1-2H3,(H,26,28)/t21-/m0/s1. The molecular formula is C24H22N2O2. The molecule has 4 nitrogen and oxygen atoms in total. The van der Waals surface area contributed by atoms with Gasteiger partial charge < -0.3 is 5.32 Å². The summed E-state index contributed by atoms with van der Waals surface area (Å²) in [4.78, 5) is 25.0. The number of Topliss-reactive ketones (excluding diaryl/α,β-unsaturated/α-hetero) is 1. The third-order valence-electron chi connectivity index (χ3n) is 4.85. The molecule has 3 aromatic carbocycles. The molecule has 0 saturated carbocycles. The molecule has 0 heterocycles. The van der Waals surface area contributed by atoms with Crippen LogP contribution in [0.25, 0.3) is 10.8 Å². The van der Waals surface area contributed by atoms with E-state index in [0.29, 0.717) is 5.56 Å². The lowest BCUT2D eigenvalue weighted by atomic mass is 9.89. The Morgan fingerprint density at radius 1 is 1.00 bits per heavy atom. The number of amides is 1. The third-order valence-corrected chi connectivity index (χ3v) is 4.85. The van der Waals surface area contributed by atoms with Crippen LogP contribution in [0.15, 0.2) is 60.7 Å². The smallest absolute Gasteiger partial charge is 0.224 e. The Balaban J connectivity index is 1.70. The van der Waals surface area contributed by atoms with Crippen molar-refractivity contribution >= 4 is 28.2 Å². The van der Waals surface area contributed by atoms with Crippen molar-refractivity contribution in [3.8, 4) is 6.07 Å². The van der Waals surface area contributed by atoms with Crippen molar-refractivity contribution in [3.63, 3.8) is 0 Å². The van der Waals surface area contributed by atoms with Gasteiger partial charge in [0.1, 0.15) is 5.92 Å². The van der Waals surface area contributed by atoms with E-state index in [4.69, 9.17) is 0 Å². The quantitative estimate of drug-likeness (QED) is 0.660. The first-order valence-corrected chi connectivity index (χ1v) is 9.26. The average molecular weight is 370 g/mol. The summed E-state index contributed by atoms with van der Waals surface area (Å²) in [5, 5.41) is 14.3. The first-order valence-electron chi connectivity index (χ1n) is 9.26. The highest BCUT2D eigenvalue weighted by atomic mass is 16.2. The molecule has 4 heteroatoms. The van der Waals surface area contributed by atoms with Crippen molar-refractivity contribution in [1.29, 1.82) is 5.26 Å². The van der Waals surface area contributed by atoms with E-state index in [2.05, 4.69) is 11.4 Å². The highest BCUT2D eigenvalue weighted by Gasteiger charge is 2.22. The summed E-state index contributed by atoms with van der Waals surface area (Å²) < 4.78 is 0. The highest BCUT2D eigenvalue weighted by Crippen LogP contribution is 2.27. The molecule has 1 amide bonds. The molecule has 140 valence electrons. The second-order valence-corrected chi connectivity index (χ2v) is 6.96. The molecule has 0 saturated heterocycles. The minimum atomic E-state index is -0.875. The minimum absolute atomic E-state index is 0.0259. The highest BCUT2D eigenvalue weighted by molar-refractivity contribution is 5.98. The van der Waals surface area contributed by atoms with Crippen LogP contribution in [0.5, 0.6) is 0 Å². The fourth-order valence-electron chi connectivity index (χ4n) is 3.28. The number of nitrogens with one attached hydrogen (secondary N) is 1. The molecule has 3 rings (SSSR count). The van der Waals surface area contributed by atoms with E-state index in [9.17, 15) is 14.9 Å². The van der Waals surface area contributed by atoms with E-state index in [0.717, 1.165) is 27.6 Å². The van der Waals surface area contributed by atoms with E-state index in [1.165, 1.54) is 0 Å². The molecule has 0 radical (unpaired) electrons. The molecule has 1 N–H and O–H groups in total. The summed E-state index contributed by atoms with van der Waals surface area (Å²) >= 11 is 0. The van der Waals surface area contributed by atoms with Gasteiger partial charge in [-0.3, -0.25) is 9.59 Å². The van der Waals surface area contributed by atoms with Crippen molar-refractivity contribution < 1.29 is 9.59 Å². The lowest BCUT2D eigenvalue weighted by Gasteiger charge is -2.12. The zero-order chi connectivity index (χ0) is 20.1. The number of anilines is 1. The van der Waals surface area contributed by atoms with Gasteiger partial charge in [-0.25, -0.2) is 0 Å². The van der Waals surface area contributed by atoms with Crippen LogP contribution in [-0.2, 0) is 9.59 Å². The van der Waals surface area contributed by atoms with Crippen LogP contribution in [0.4, 0.5) is 5.69 Å². The number of nitrogens with zero attached hydrogens (tertiary/aromatic N) is 1. The number of fused-ring (bicyclic) bond motifs is 1. The maximum atomic E-state index is 12.7. The number of nitriles is 1. The first-order chi connectivity index (χ1) is 13.5. The molecule has 0 aliphatic carbocycles. The van der Waals surface area contributed by atoms with Gasteiger partial charge in [0.2, 0.25) is 5.91 Å². The van der Waals surface area contributed by atoms with Crippen molar-refractivity contribution in [3.05, 3.63) is 77.4 Å². The number of benzene rings is 3. The molecule has 0 aromatic heterocycles. The van der Waals surface area contributed by atoms with Crippen molar-refractivity contribution in [2.45, 2.75) is 32.6 Å². The van der Waals surface area contributed by atoms with Gasteiger partial charge >= 0.3 is 0 Å². The minimum Gasteiger partial charge on any atom is -0.326 e. The van der Waals surface area contributed by atoms with Gasteiger partial charge in [0, 0.05) is 18.5 Å². The summed E-state index contributed by atoms with van der Waals surface area (Å²) in [6, 6.07) is 21.2.